The van der Waals surface area contributed by atoms with Crippen LogP contribution in [0.25, 0.3) is 0 Å². The van der Waals surface area contributed by atoms with Crippen molar-refractivity contribution in [3.63, 3.8) is 0 Å². The zero-order chi connectivity index (χ0) is 10.5. The summed E-state index contributed by atoms with van der Waals surface area (Å²) in [5, 5.41) is 0. The monoisotopic (exact) mass is 199 g/mol. The molecule has 15 heavy (non-hydrogen) atoms. The van der Waals surface area contributed by atoms with E-state index >= 15 is 0 Å². The molecule has 1 aliphatic rings. The molecule has 1 heteroatoms. The zero-order valence-electron chi connectivity index (χ0n) is 9.19. The van der Waals surface area contributed by atoms with E-state index in [-0.39, 0.29) is 0 Å². The van der Waals surface area contributed by atoms with Crippen molar-refractivity contribution in [2.75, 3.05) is 13.1 Å². The van der Waals surface area contributed by atoms with Crippen LogP contribution < -0.4 is 0 Å². The van der Waals surface area contributed by atoms with Gasteiger partial charge >= 0.3 is 0 Å². The molecule has 1 heterocycles. The molecule has 0 aliphatic carbocycles. The van der Waals surface area contributed by atoms with Crippen LogP contribution in [0.4, 0.5) is 0 Å². The number of rotatable bonds is 3. The minimum absolute atomic E-state index is 1.04. The lowest BCUT2D eigenvalue weighted by Crippen LogP contribution is -2.21. The fourth-order valence-corrected chi connectivity index (χ4v) is 1.70. The summed E-state index contributed by atoms with van der Waals surface area (Å²) in [6.45, 7) is 4.27. The number of aryl methyl sites for hydroxylation is 1. The summed E-state index contributed by atoms with van der Waals surface area (Å²) in [5.41, 5.74) is 2.75. The van der Waals surface area contributed by atoms with E-state index in [4.69, 9.17) is 0 Å². The maximum atomic E-state index is 2.33. The lowest BCUT2D eigenvalue weighted by molar-refractivity contribution is 0.416. The highest BCUT2D eigenvalue weighted by molar-refractivity contribution is 5.21. The molecule has 0 saturated heterocycles. The van der Waals surface area contributed by atoms with E-state index in [1.54, 1.807) is 0 Å². The molecule has 0 fully saturated rings. The van der Waals surface area contributed by atoms with Gasteiger partial charge in [-0.2, -0.15) is 0 Å². The van der Waals surface area contributed by atoms with E-state index in [2.05, 4.69) is 60.5 Å². The van der Waals surface area contributed by atoms with Crippen LogP contribution in [-0.2, 0) is 6.42 Å². The smallest absolute Gasteiger partial charge is 0.0357 e. The Morgan fingerprint density at radius 1 is 1.13 bits per heavy atom. The molecular weight excluding hydrogens is 182 g/mol. The summed E-state index contributed by atoms with van der Waals surface area (Å²) in [4.78, 5) is 2.33. The first-order chi connectivity index (χ1) is 7.34. The molecular formula is C14H17N. The Labute approximate surface area is 91.7 Å². The van der Waals surface area contributed by atoms with Gasteiger partial charge in [0.1, 0.15) is 0 Å². The highest BCUT2D eigenvalue weighted by Gasteiger charge is 2.00. The van der Waals surface area contributed by atoms with Gasteiger partial charge in [-0.05, 0) is 31.2 Å². The van der Waals surface area contributed by atoms with Crippen molar-refractivity contribution in [3.8, 4) is 0 Å². The third-order valence-corrected chi connectivity index (χ3v) is 2.69. The number of hydrogen-bond donors (Lipinski definition) is 0. The van der Waals surface area contributed by atoms with E-state index in [0.717, 1.165) is 19.5 Å². The van der Waals surface area contributed by atoms with E-state index in [0.29, 0.717) is 0 Å². The van der Waals surface area contributed by atoms with E-state index in [9.17, 15) is 0 Å². The molecule has 1 aliphatic heterocycles. The van der Waals surface area contributed by atoms with E-state index < -0.39 is 0 Å². The third-order valence-electron chi connectivity index (χ3n) is 2.69. The van der Waals surface area contributed by atoms with Crippen LogP contribution >= 0.6 is 0 Å². The summed E-state index contributed by atoms with van der Waals surface area (Å²) in [6.07, 6.45) is 9.67. The Balaban J connectivity index is 1.85. The van der Waals surface area contributed by atoms with Crippen molar-refractivity contribution >= 4 is 0 Å². The first-order valence-electron chi connectivity index (χ1n) is 5.47. The fraction of sp³-hybridized carbons (Fsp3) is 0.286. The quantitative estimate of drug-likeness (QED) is 0.723. The van der Waals surface area contributed by atoms with Gasteiger partial charge in [0, 0.05) is 13.1 Å². The first-order valence-corrected chi connectivity index (χ1v) is 5.47. The fourth-order valence-electron chi connectivity index (χ4n) is 1.70. The third kappa shape index (κ3) is 2.98. The molecule has 1 nitrogen and oxygen atoms in total. The summed E-state index contributed by atoms with van der Waals surface area (Å²) >= 11 is 0. The van der Waals surface area contributed by atoms with Crippen LogP contribution in [0.3, 0.4) is 0 Å². The molecule has 1 aromatic rings. The molecule has 0 aromatic heterocycles. The van der Waals surface area contributed by atoms with Gasteiger partial charge in [-0.15, -0.1) is 0 Å². The van der Waals surface area contributed by atoms with Crippen molar-refractivity contribution in [2.45, 2.75) is 13.3 Å². The van der Waals surface area contributed by atoms with Crippen molar-refractivity contribution in [3.05, 3.63) is 59.8 Å². The van der Waals surface area contributed by atoms with Crippen LogP contribution in [0, 0.1) is 6.92 Å². The number of hydrogen-bond acceptors (Lipinski definition) is 1. The van der Waals surface area contributed by atoms with Gasteiger partial charge in [-0.3, -0.25) is 0 Å². The summed E-state index contributed by atoms with van der Waals surface area (Å²) in [6, 6.07) is 8.81. The maximum Gasteiger partial charge on any atom is 0.0357 e. The predicted octanol–water partition coefficient (Wildman–Crippen LogP) is 2.92. The molecule has 0 saturated carbocycles. The van der Waals surface area contributed by atoms with Gasteiger partial charge in [-0.1, -0.05) is 42.0 Å². The van der Waals surface area contributed by atoms with Crippen LogP contribution in [0.15, 0.2) is 48.7 Å². The molecule has 0 bridgehead atoms. The Bertz CT molecular complexity index is 359. The molecule has 0 atom stereocenters. The van der Waals surface area contributed by atoms with Crippen molar-refractivity contribution in [1.29, 1.82) is 0 Å². The standard InChI is InChI=1S/C14H17N/c1-13-5-7-14(8-6-13)9-12-15-10-3-2-4-11-15/h2-8,10H,9,11-12H2,1H3. The molecule has 1 aromatic carbocycles. The molecule has 2 rings (SSSR count). The minimum atomic E-state index is 1.04. The minimum Gasteiger partial charge on any atom is -0.373 e. The molecule has 78 valence electrons. The summed E-state index contributed by atoms with van der Waals surface area (Å²) in [5.74, 6) is 0. The van der Waals surface area contributed by atoms with Crippen LogP contribution in [0.5, 0.6) is 0 Å². The zero-order valence-corrected chi connectivity index (χ0v) is 9.19. The van der Waals surface area contributed by atoms with Gasteiger partial charge in [0.2, 0.25) is 0 Å². The normalized spacial score (nSPS) is 14.6. The molecule has 0 amide bonds. The van der Waals surface area contributed by atoms with E-state index in [1.807, 2.05) is 0 Å². The average molecular weight is 199 g/mol. The number of allylic oxidation sites excluding steroid dienone is 2. The Morgan fingerprint density at radius 2 is 1.93 bits per heavy atom. The largest absolute Gasteiger partial charge is 0.373 e. The van der Waals surface area contributed by atoms with Gasteiger partial charge in [0.25, 0.3) is 0 Å². The SMILES string of the molecule is Cc1ccc(CCN2C=CC=CC2)cc1. The number of nitrogens with zero attached hydrogens (tertiary/aromatic N) is 1. The summed E-state index contributed by atoms with van der Waals surface area (Å²) < 4.78 is 0. The topological polar surface area (TPSA) is 3.24 Å². The molecule has 0 unspecified atom stereocenters. The Kier molecular flexibility index (Phi) is 3.23. The van der Waals surface area contributed by atoms with Crippen molar-refractivity contribution in [2.24, 2.45) is 0 Å². The maximum absolute atomic E-state index is 2.33. The molecule has 0 spiro atoms. The predicted molar refractivity (Wildman–Crippen MR) is 64.7 cm³/mol. The van der Waals surface area contributed by atoms with Gasteiger partial charge in [0.15, 0.2) is 0 Å². The Morgan fingerprint density at radius 3 is 2.60 bits per heavy atom. The summed E-state index contributed by atoms with van der Waals surface area (Å²) in [7, 11) is 0. The van der Waals surface area contributed by atoms with Gasteiger partial charge < -0.3 is 4.90 Å². The number of benzene rings is 1. The highest BCUT2D eigenvalue weighted by Crippen LogP contribution is 2.06. The van der Waals surface area contributed by atoms with Crippen LogP contribution in [0.1, 0.15) is 11.1 Å². The average Bonchev–Trinajstić information content (AvgIpc) is 2.30. The lowest BCUT2D eigenvalue weighted by atomic mass is 10.1. The lowest BCUT2D eigenvalue weighted by Gasteiger charge is -2.20. The van der Waals surface area contributed by atoms with Crippen molar-refractivity contribution < 1.29 is 0 Å². The first kappa shape index (κ1) is 10.0. The Hall–Kier alpha value is -1.50. The van der Waals surface area contributed by atoms with Crippen LogP contribution in [-0.4, -0.2) is 18.0 Å². The van der Waals surface area contributed by atoms with Crippen molar-refractivity contribution in [1.82, 2.24) is 4.90 Å². The second-order valence-electron chi connectivity index (χ2n) is 4.00. The highest BCUT2D eigenvalue weighted by atomic mass is 15.1. The molecule has 0 N–H and O–H groups in total. The van der Waals surface area contributed by atoms with Crippen LogP contribution in [0.2, 0.25) is 0 Å². The van der Waals surface area contributed by atoms with Gasteiger partial charge in [0.05, 0.1) is 0 Å². The second-order valence-corrected chi connectivity index (χ2v) is 4.00. The van der Waals surface area contributed by atoms with Gasteiger partial charge in [-0.25, -0.2) is 0 Å². The second kappa shape index (κ2) is 4.83. The van der Waals surface area contributed by atoms with E-state index in [1.165, 1.54) is 11.1 Å². The molecule has 0 radical (unpaired) electrons.